The van der Waals surface area contributed by atoms with E-state index in [-0.39, 0.29) is 11.9 Å². The van der Waals surface area contributed by atoms with Crippen molar-refractivity contribution in [3.05, 3.63) is 96.3 Å². The molecule has 5 rings (SSSR count). The standard InChI is InChI=1S/C27H26N4O/c32-27(29-19-26(31-15-6-7-16-31)20-9-2-1-3-10-20)23-17-25(21-11-8-14-28-18-21)30-24-13-5-4-12-22(23)24/h1-5,8-14,17-18,26H,6-7,15-16,19H2,(H,29,32). The Morgan fingerprint density at radius 3 is 2.53 bits per heavy atom. The largest absolute Gasteiger partial charge is 0.350 e. The summed E-state index contributed by atoms with van der Waals surface area (Å²) in [6.45, 7) is 2.71. The fourth-order valence-electron chi connectivity index (χ4n) is 4.50. The van der Waals surface area contributed by atoms with Crippen LogP contribution in [-0.2, 0) is 0 Å². The molecule has 5 heteroatoms. The molecule has 1 aliphatic rings. The lowest BCUT2D eigenvalue weighted by atomic mass is 10.0. The maximum absolute atomic E-state index is 13.4. The summed E-state index contributed by atoms with van der Waals surface area (Å²) < 4.78 is 0. The molecule has 32 heavy (non-hydrogen) atoms. The summed E-state index contributed by atoms with van der Waals surface area (Å²) in [5, 5.41) is 4.08. The SMILES string of the molecule is O=C(NCC(c1ccccc1)N1CCCC1)c1cc(-c2cccnc2)nc2ccccc12. The average Bonchev–Trinajstić information content (AvgIpc) is 3.39. The van der Waals surface area contributed by atoms with Gasteiger partial charge in [0.05, 0.1) is 22.8 Å². The van der Waals surface area contributed by atoms with Crippen molar-refractivity contribution in [2.24, 2.45) is 0 Å². The van der Waals surface area contributed by atoms with Crippen molar-refractivity contribution in [3.8, 4) is 11.3 Å². The van der Waals surface area contributed by atoms with Gasteiger partial charge in [0.2, 0.25) is 0 Å². The molecule has 4 aromatic rings. The molecule has 3 heterocycles. The number of likely N-dealkylation sites (tertiary alicyclic amines) is 1. The minimum Gasteiger partial charge on any atom is -0.350 e. The molecule has 0 bridgehead atoms. The number of amides is 1. The highest BCUT2D eigenvalue weighted by Crippen LogP contribution is 2.26. The van der Waals surface area contributed by atoms with E-state index in [2.05, 4.69) is 39.5 Å². The van der Waals surface area contributed by atoms with Gasteiger partial charge in [-0.05, 0) is 55.8 Å². The van der Waals surface area contributed by atoms with E-state index in [1.165, 1.54) is 18.4 Å². The second kappa shape index (κ2) is 9.28. The number of nitrogens with one attached hydrogen (secondary N) is 1. The van der Waals surface area contributed by atoms with Gasteiger partial charge < -0.3 is 5.32 Å². The molecule has 2 aromatic carbocycles. The summed E-state index contributed by atoms with van der Waals surface area (Å²) in [5.74, 6) is -0.0751. The molecule has 0 aliphatic carbocycles. The van der Waals surface area contributed by atoms with Crippen LogP contribution in [0.5, 0.6) is 0 Å². The summed E-state index contributed by atoms with van der Waals surface area (Å²) in [7, 11) is 0. The summed E-state index contributed by atoms with van der Waals surface area (Å²) in [6, 6.07) is 24.2. The quantitative estimate of drug-likeness (QED) is 0.482. The number of hydrogen-bond donors (Lipinski definition) is 1. The van der Waals surface area contributed by atoms with Gasteiger partial charge in [-0.15, -0.1) is 0 Å². The Labute approximate surface area is 188 Å². The van der Waals surface area contributed by atoms with Gasteiger partial charge >= 0.3 is 0 Å². The van der Waals surface area contributed by atoms with Crippen LogP contribution in [0.3, 0.4) is 0 Å². The zero-order chi connectivity index (χ0) is 21.8. The molecular formula is C27H26N4O. The van der Waals surface area contributed by atoms with Gasteiger partial charge in [0.15, 0.2) is 0 Å². The van der Waals surface area contributed by atoms with Crippen LogP contribution in [0.25, 0.3) is 22.2 Å². The summed E-state index contributed by atoms with van der Waals surface area (Å²) in [6.07, 6.45) is 5.93. The Hall–Kier alpha value is -3.57. The lowest BCUT2D eigenvalue weighted by Crippen LogP contribution is -2.36. The number of pyridine rings is 2. The van der Waals surface area contributed by atoms with E-state index < -0.39 is 0 Å². The van der Waals surface area contributed by atoms with Crippen LogP contribution in [0.2, 0.25) is 0 Å². The smallest absolute Gasteiger partial charge is 0.252 e. The van der Waals surface area contributed by atoms with Crippen molar-refractivity contribution < 1.29 is 4.79 Å². The lowest BCUT2D eigenvalue weighted by molar-refractivity contribution is 0.0939. The Bertz CT molecular complexity index is 1200. The third-order valence-corrected chi connectivity index (χ3v) is 6.14. The number of carbonyl (C=O) groups excluding carboxylic acids is 1. The zero-order valence-electron chi connectivity index (χ0n) is 17.9. The number of fused-ring (bicyclic) bond motifs is 1. The van der Waals surface area contributed by atoms with Crippen molar-refractivity contribution in [1.82, 2.24) is 20.2 Å². The minimum absolute atomic E-state index is 0.0751. The number of rotatable bonds is 6. The fraction of sp³-hybridized carbons (Fsp3) is 0.222. The molecular weight excluding hydrogens is 396 g/mol. The van der Waals surface area contributed by atoms with Gasteiger partial charge in [-0.1, -0.05) is 48.5 Å². The van der Waals surface area contributed by atoms with Crippen LogP contribution >= 0.6 is 0 Å². The zero-order valence-corrected chi connectivity index (χ0v) is 17.9. The second-order valence-corrected chi connectivity index (χ2v) is 8.19. The Morgan fingerprint density at radius 1 is 0.969 bits per heavy atom. The van der Waals surface area contributed by atoms with Crippen molar-refractivity contribution in [2.75, 3.05) is 19.6 Å². The highest BCUT2D eigenvalue weighted by atomic mass is 16.1. The highest BCUT2D eigenvalue weighted by Gasteiger charge is 2.24. The predicted molar refractivity (Wildman–Crippen MR) is 127 cm³/mol. The second-order valence-electron chi connectivity index (χ2n) is 8.19. The van der Waals surface area contributed by atoms with E-state index in [4.69, 9.17) is 4.98 Å². The van der Waals surface area contributed by atoms with Gasteiger partial charge in [-0.3, -0.25) is 14.7 Å². The van der Waals surface area contributed by atoms with Crippen LogP contribution in [0.15, 0.2) is 85.2 Å². The number of nitrogens with zero attached hydrogens (tertiary/aromatic N) is 3. The first-order valence-corrected chi connectivity index (χ1v) is 11.2. The number of carbonyl (C=O) groups is 1. The summed E-state index contributed by atoms with van der Waals surface area (Å²) in [5.41, 5.74) is 4.33. The maximum Gasteiger partial charge on any atom is 0.252 e. The first-order chi connectivity index (χ1) is 15.8. The first-order valence-electron chi connectivity index (χ1n) is 11.2. The number of para-hydroxylation sites is 1. The topological polar surface area (TPSA) is 58.1 Å². The normalized spacial score (nSPS) is 15.0. The Morgan fingerprint density at radius 2 is 1.75 bits per heavy atom. The summed E-state index contributed by atoms with van der Waals surface area (Å²) in [4.78, 5) is 24.9. The van der Waals surface area contributed by atoms with Crippen LogP contribution in [0.1, 0.15) is 34.8 Å². The van der Waals surface area contributed by atoms with Gasteiger partial charge in [0, 0.05) is 29.9 Å². The van der Waals surface area contributed by atoms with E-state index in [1.54, 1.807) is 12.4 Å². The van der Waals surface area contributed by atoms with Gasteiger partial charge in [-0.2, -0.15) is 0 Å². The lowest BCUT2D eigenvalue weighted by Gasteiger charge is -2.28. The molecule has 1 N–H and O–H groups in total. The van der Waals surface area contributed by atoms with E-state index in [9.17, 15) is 4.79 Å². The third-order valence-electron chi connectivity index (χ3n) is 6.14. The Kier molecular flexibility index (Phi) is 5.90. The van der Waals surface area contributed by atoms with Gasteiger partial charge in [-0.25, -0.2) is 4.98 Å². The number of aromatic nitrogens is 2. The third kappa shape index (κ3) is 4.25. The number of benzene rings is 2. The van der Waals surface area contributed by atoms with Crippen molar-refractivity contribution in [2.45, 2.75) is 18.9 Å². The van der Waals surface area contributed by atoms with Gasteiger partial charge in [0.1, 0.15) is 0 Å². The van der Waals surface area contributed by atoms with Crippen LogP contribution in [-0.4, -0.2) is 40.4 Å². The van der Waals surface area contributed by atoms with Crippen LogP contribution in [0, 0.1) is 0 Å². The van der Waals surface area contributed by atoms with E-state index in [0.29, 0.717) is 12.1 Å². The molecule has 0 saturated carbocycles. The maximum atomic E-state index is 13.4. The molecule has 1 fully saturated rings. The number of hydrogen-bond acceptors (Lipinski definition) is 4. The molecule has 1 aliphatic heterocycles. The molecule has 0 spiro atoms. The summed E-state index contributed by atoms with van der Waals surface area (Å²) >= 11 is 0. The van der Waals surface area contributed by atoms with Crippen LogP contribution in [0.4, 0.5) is 0 Å². The minimum atomic E-state index is -0.0751. The predicted octanol–water partition coefficient (Wildman–Crippen LogP) is 4.86. The fourth-order valence-corrected chi connectivity index (χ4v) is 4.50. The molecule has 1 unspecified atom stereocenters. The highest BCUT2D eigenvalue weighted by molar-refractivity contribution is 6.07. The van der Waals surface area contributed by atoms with E-state index in [0.717, 1.165) is 35.2 Å². The van der Waals surface area contributed by atoms with Crippen LogP contribution < -0.4 is 5.32 Å². The monoisotopic (exact) mass is 422 g/mol. The van der Waals surface area contributed by atoms with E-state index >= 15 is 0 Å². The van der Waals surface area contributed by atoms with Crippen molar-refractivity contribution >= 4 is 16.8 Å². The molecule has 5 nitrogen and oxygen atoms in total. The van der Waals surface area contributed by atoms with Gasteiger partial charge in [0.25, 0.3) is 5.91 Å². The van der Waals surface area contributed by atoms with E-state index in [1.807, 2.05) is 48.5 Å². The average molecular weight is 423 g/mol. The Balaban J connectivity index is 1.45. The first kappa shape index (κ1) is 20.3. The molecule has 0 radical (unpaired) electrons. The molecule has 1 amide bonds. The molecule has 1 saturated heterocycles. The molecule has 160 valence electrons. The molecule has 1 atom stereocenters. The van der Waals surface area contributed by atoms with Crippen molar-refractivity contribution in [3.63, 3.8) is 0 Å². The molecule has 2 aromatic heterocycles. The van der Waals surface area contributed by atoms with Crippen molar-refractivity contribution in [1.29, 1.82) is 0 Å².